The van der Waals surface area contributed by atoms with E-state index < -0.39 is 0 Å². The van der Waals surface area contributed by atoms with E-state index in [1.54, 1.807) is 0 Å². The van der Waals surface area contributed by atoms with E-state index in [2.05, 4.69) is 18.7 Å². The van der Waals surface area contributed by atoms with Gasteiger partial charge in [0.05, 0.1) is 6.04 Å². The van der Waals surface area contributed by atoms with Gasteiger partial charge in [0.15, 0.2) is 0 Å². The first-order valence-electron chi connectivity index (χ1n) is 3.71. The normalized spacial score (nSPS) is 13.6. The number of likely N-dealkylation sites (N-methyl/N-ethyl adjacent to an activating group) is 1. The molecule has 0 amide bonds. The van der Waals surface area contributed by atoms with Crippen LogP contribution in [-0.2, 0) is 0 Å². The first kappa shape index (κ1) is 9.43. The quantitative estimate of drug-likeness (QED) is 0.448. The van der Waals surface area contributed by atoms with Crippen molar-refractivity contribution in [3.05, 3.63) is 0 Å². The van der Waals surface area contributed by atoms with Crippen LogP contribution in [-0.4, -0.2) is 29.9 Å². The monoisotopic (exact) mass is 143 g/mol. The van der Waals surface area contributed by atoms with E-state index in [0.29, 0.717) is 0 Å². The second-order valence-corrected chi connectivity index (χ2v) is 2.35. The second kappa shape index (κ2) is 4.28. The Kier molecular flexibility index (Phi) is 4.03. The molecule has 0 spiro atoms. The molecule has 3 nitrogen and oxygen atoms in total. The lowest BCUT2D eigenvalue weighted by atomic mass is 10.2. The Balaban J connectivity index is 3.88. The first-order valence-corrected chi connectivity index (χ1v) is 3.71. The highest BCUT2D eigenvalue weighted by Crippen LogP contribution is 1.95. The predicted molar refractivity (Wildman–Crippen MR) is 44.3 cm³/mol. The summed E-state index contributed by atoms with van der Waals surface area (Å²) in [7, 11) is 0. The molecule has 0 fully saturated rings. The van der Waals surface area contributed by atoms with Crippen LogP contribution in [0.2, 0.25) is 0 Å². The van der Waals surface area contributed by atoms with E-state index in [0.717, 1.165) is 13.1 Å². The topological polar surface area (TPSA) is 53.1 Å². The van der Waals surface area contributed by atoms with Gasteiger partial charge in [-0.3, -0.25) is 10.3 Å². The highest BCUT2D eigenvalue weighted by atomic mass is 15.2. The van der Waals surface area contributed by atoms with Crippen molar-refractivity contribution in [2.75, 3.05) is 13.1 Å². The van der Waals surface area contributed by atoms with Crippen LogP contribution in [0, 0.1) is 5.41 Å². The lowest BCUT2D eigenvalue weighted by Gasteiger charge is -2.24. The van der Waals surface area contributed by atoms with Crippen LogP contribution in [0.3, 0.4) is 0 Å². The van der Waals surface area contributed by atoms with Gasteiger partial charge in [-0.25, -0.2) is 0 Å². The minimum Gasteiger partial charge on any atom is -0.386 e. The summed E-state index contributed by atoms with van der Waals surface area (Å²) < 4.78 is 0. The minimum atomic E-state index is 0.0926. The summed E-state index contributed by atoms with van der Waals surface area (Å²) in [5.41, 5.74) is 5.33. The van der Waals surface area contributed by atoms with E-state index in [1.165, 1.54) is 0 Å². The molecule has 0 saturated heterocycles. The summed E-state index contributed by atoms with van der Waals surface area (Å²) in [6.45, 7) is 8.01. The molecule has 0 aliphatic heterocycles. The standard InChI is InChI=1S/C7H17N3/c1-4-10(5-2)6(3)7(8)9/h6H,4-5H2,1-3H3,(H3,8,9). The molecule has 3 heteroatoms. The average Bonchev–Trinajstić information content (AvgIpc) is 1.90. The first-order chi connectivity index (χ1) is 4.63. The summed E-state index contributed by atoms with van der Waals surface area (Å²) in [5, 5.41) is 7.17. The third-order valence-electron chi connectivity index (χ3n) is 1.81. The van der Waals surface area contributed by atoms with Crippen LogP contribution in [0.5, 0.6) is 0 Å². The van der Waals surface area contributed by atoms with Crippen molar-refractivity contribution in [3.8, 4) is 0 Å². The van der Waals surface area contributed by atoms with Crippen LogP contribution in [0.15, 0.2) is 0 Å². The zero-order valence-corrected chi connectivity index (χ0v) is 7.02. The molecule has 0 aliphatic carbocycles. The molecule has 10 heavy (non-hydrogen) atoms. The molecule has 0 aliphatic rings. The van der Waals surface area contributed by atoms with Crippen LogP contribution >= 0.6 is 0 Å². The number of nitrogens with two attached hydrogens (primary N) is 1. The van der Waals surface area contributed by atoms with Crippen LogP contribution in [0.1, 0.15) is 20.8 Å². The lowest BCUT2D eigenvalue weighted by Crippen LogP contribution is -2.41. The van der Waals surface area contributed by atoms with Gasteiger partial charge < -0.3 is 5.73 Å². The minimum absolute atomic E-state index is 0.0926. The van der Waals surface area contributed by atoms with Crippen molar-refractivity contribution in [3.63, 3.8) is 0 Å². The maximum absolute atomic E-state index is 7.17. The summed E-state index contributed by atoms with van der Waals surface area (Å²) in [4.78, 5) is 2.14. The Morgan fingerprint density at radius 2 is 1.90 bits per heavy atom. The molecule has 0 rings (SSSR count). The molecular weight excluding hydrogens is 126 g/mol. The van der Waals surface area contributed by atoms with Gasteiger partial charge in [-0.15, -0.1) is 0 Å². The zero-order chi connectivity index (χ0) is 8.15. The second-order valence-electron chi connectivity index (χ2n) is 2.35. The number of hydrogen-bond acceptors (Lipinski definition) is 2. The van der Waals surface area contributed by atoms with Crippen LogP contribution < -0.4 is 5.73 Å². The fourth-order valence-corrected chi connectivity index (χ4v) is 0.968. The van der Waals surface area contributed by atoms with Crippen molar-refractivity contribution >= 4 is 5.84 Å². The van der Waals surface area contributed by atoms with Crippen LogP contribution in [0.25, 0.3) is 0 Å². The Bertz CT molecular complexity index is 107. The highest BCUT2D eigenvalue weighted by molar-refractivity contribution is 5.82. The molecule has 0 aromatic heterocycles. The number of nitrogens with zero attached hydrogens (tertiary/aromatic N) is 1. The Hall–Kier alpha value is -0.570. The predicted octanol–water partition coefficient (Wildman–Crippen LogP) is 0.653. The summed E-state index contributed by atoms with van der Waals surface area (Å²) in [6.07, 6.45) is 0. The molecule has 3 N–H and O–H groups in total. The maximum atomic E-state index is 7.17. The number of rotatable bonds is 4. The fraction of sp³-hybridized carbons (Fsp3) is 0.857. The van der Waals surface area contributed by atoms with Crippen molar-refractivity contribution < 1.29 is 0 Å². The number of hydrogen-bond donors (Lipinski definition) is 2. The molecule has 1 unspecified atom stereocenters. The zero-order valence-electron chi connectivity index (χ0n) is 7.02. The van der Waals surface area contributed by atoms with Gasteiger partial charge in [-0.2, -0.15) is 0 Å². The fourth-order valence-electron chi connectivity index (χ4n) is 0.968. The Morgan fingerprint density at radius 1 is 1.50 bits per heavy atom. The molecule has 0 radical (unpaired) electrons. The number of amidine groups is 1. The largest absolute Gasteiger partial charge is 0.386 e. The average molecular weight is 143 g/mol. The Morgan fingerprint density at radius 3 is 2.00 bits per heavy atom. The van der Waals surface area contributed by atoms with Crippen molar-refractivity contribution in [2.24, 2.45) is 5.73 Å². The van der Waals surface area contributed by atoms with Gasteiger partial charge in [0, 0.05) is 0 Å². The third kappa shape index (κ3) is 2.35. The Labute approximate surface area is 62.7 Å². The summed E-state index contributed by atoms with van der Waals surface area (Å²) in [6, 6.07) is 0.0926. The smallest absolute Gasteiger partial charge is 0.108 e. The SMILES string of the molecule is CCN(CC)C(C)C(=N)N. The van der Waals surface area contributed by atoms with Gasteiger partial charge in [-0.1, -0.05) is 13.8 Å². The number of nitrogens with one attached hydrogen (secondary N) is 1. The highest BCUT2D eigenvalue weighted by Gasteiger charge is 2.11. The molecule has 60 valence electrons. The molecule has 0 aromatic rings. The van der Waals surface area contributed by atoms with Crippen molar-refractivity contribution in [2.45, 2.75) is 26.8 Å². The van der Waals surface area contributed by atoms with Gasteiger partial charge in [0.1, 0.15) is 5.84 Å². The third-order valence-corrected chi connectivity index (χ3v) is 1.81. The molecule has 1 atom stereocenters. The van der Waals surface area contributed by atoms with Gasteiger partial charge in [-0.05, 0) is 20.0 Å². The van der Waals surface area contributed by atoms with E-state index in [1.807, 2.05) is 6.92 Å². The van der Waals surface area contributed by atoms with E-state index in [4.69, 9.17) is 11.1 Å². The van der Waals surface area contributed by atoms with Crippen molar-refractivity contribution in [1.29, 1.82) is 5.41 Å². The summed E-state index contributed by atoms with van der Waals surface area (Å²) >= 11 is 0. The molecule has 0 heterocycles. The van der Waals surface area contributed by atoms with E-state index >= 15 is 0 Å². The maximum Gasteiger partial charge on any atom is 0.108 e. The molecule has 0 aromatic carbocycles. The van der Waals surface area contributed by atoms with Crippen LogP contribution in [0.4, 0.5) is 0 Å². The molecule has 0 saturated carbocycles. The van der Waals surface area contributed by atoms with E-state index in [9.17, 15) is 0 Å². The summed E-state index contributed by atoms with van der Waals surface area (Å²) in [5.74, 6) is 0.253. The van der Waals surface area contributed by atoms with E-state index in [-0.39, 0.29) is 11.9 Å². The molecular formula is C7H17N3. The van der Waals surface area contributed by atoms with Gasteiger partial charge in [0.2, 0.25) is 0 Å². The molecule has 0 bridgehead atoms. The van der Waals surface area contributed by atoms with Gasteiger partial charge in [0.25, 0.3) is 0 Å². The van der Waals surface area contributed by atoms with Gasteiger partial charge >= 0.3 is 0 Å². The van der Waals surface area contributed by atoms with Crippen molar-refractivity contribution in [1.82, 2.24) is 4.90 Å². The lowest BCUT2D eigenvalue weighted by molar-refractivity contribution is 0.280.